The number of nitrogens with one attached hydrogen (secondary N) is 2. The number of aliphatic imine (C=N–C) groups is 1. The van der Waals surface area contributed by atoms with Crippen molar-refractivity contribution < 1.29 is 13.9 Å². The zero-order valence-electron chi connectivity index (χ0n) is 18.3. The van der Waals surface area contributed by atoms with Gasteiger partial charge in [-0.15, -0.1) is 6.58 Å². The van der Waals surface area contributed by atoms with Crippen LogP contribution in [0.15, 0.2) is 48.1 Å². The Bertz CT molecular complexity index is 934. The minimum atomic E-state index is -0.297. The van der Waals surface area contributed by atoms with Crippen molar-refractivity contribution in [1.29, 1.82) is 0 Å². The Hall–Kier alpha value is -3.29. The molecule has 0 aliphatic carbocycles. The Morgan fingerprint density at radius 3 is 2.90 bits per heavy atom. The number of rotatable bonds is 8. The van der Waals surface area contributed by atoms with E-state index in [-0.39, 0.29) is 11.9 Å². The van der Waals surface area contributed by atoms with Gasteiger partial charge < -0.3 is 25.0 Å². The van der Waals surface area contributed by atoms with Crippen LogP contribution in [0.25, 0.3) is 0 Å². The summed E-state index contributed by atoms with van der Waals surface area (Å²) >= 11 is 0. The minimum Gasteiger partial charge on any atom is -0.493 e. The third-order valence-electron chi connectivity index (χ3n) is 5.23. The van der Waals surface area contributed by atoms with Crippen molar-refractivity contribution in [2.75, 3.05) is 39.3 Å². The molecule has 2 aromatic rings. The Morgan fingerprint density at radius 1 is 1.39 bits per heavy atom. The van der Waals surface area contributed by atoms with Gasteiger partial charge in [-0.3, -0.25) is 4.99 Å². The summed E-state index contributed by atoms with van der Waals surface area (Å²) in [5, 5.41) is 6.77. The van der Waals surface area contributed by atoms with E-state index in [0.29, 0.717) is 37.0 Å². The standard InChI is InChI=1S/C23H30FN5O2/c1-5-7-17-12-16(13-20(30-3)21(17)31-4)14-27-23(25-2)28-18-9-11-29(15-18)22-19(24)8-6-10-26-22/h5-6,8,10,12-13,18H,1,7,9,11,14-15H2,2-4H3,(H2,25,27,28). The maximum atomic E-state index is 14.0. The molecule has 166 valence electrons. The Morgan fingerprint density at radius 2 is 2.23 bits per heavy atom. The molecule has 8 heteroatoms. The number of ether oxygens (including phenoxy) is 2. The molecule has 1 unspecified atom stereocenters. The molecule has 1 atom stereocenters. The summed E-state index contributed by atoms with van der Waals surface area (Å²) in [5.41, 5.74) is 2.06. The second-order valence-corrected chi connectivity index (χ2v) is 7.29. The Labute approximate surface area is 183 Å². The number of hydrogen-bond donors (Lipinski definition) is 2. The first-order chi connectivity index (χ1) is 15.1. The SMILES string of the molecule is C=CCc1cc(CNC(=NC)NC2CCN(c3ncccc3F)C2)cc(OC)c1OC. The molecule has 1 aromatic carbocycles. The molecule has 3 rings (SSSR count). The lowest BCUT2D eigenvalue weighted by molar-refractivity contribution is 0.352. The summed E-state index contributed by atoms with van der Waals surface area (Å²) in [6.45, 7) is 5.79. The van der Waals surface area contributed by atoms with E-state index in [0.717, 1.165) is 29.8 Å². The van der Waals surface area contributed by atoms with Gasteiger partial charge in [0.05, 0.1) is 14.2 Å². The number of pyridine rings is 1. The van der Waals surface area contributed by atoms with Gasteiger partial charge >= 0.3 is 0 Å². The predicted molar refractivity (Wildman–Crippen MR) is 122 cm³/mol. The van der Waals surface area contributed by atoms with Crippen molar-refractivity contribution in [3.63, 3.8) is 0 Å². The molecule has 1 aliphatic rings. The Kier molecular flexibility index (Phi) is 7.70. The van der Waals surface area contributed by atoms with Crippen LogP contribution in [0.5, 0.6) is 11.5 Å². The van der Waals surface area contributed by atoms with Gasteiger partial charge in [0, 0.05) is 44.5 Å². The van der Waals surface area contributed by atoms with Crippen LogP contribution in [-0.2, 0) is 13.0 Å². The van der Waals surface area contributed by atoms with E-state index in [2.05, 4.69) is 33.3 Å². The predicted octanol–water partition coefficient (Wildman–Crippen LogP) is 2.91. The third kappa shape index (κ3) is 5.45. The first-order valence-corrected chi connectivity index (χ1v) is 10.3. The second-order valence-electron chi connectivity index (χ2n) is 7.29. The van der Waals surface area contributed by atoms with Crippen molar-refractivity contribution in [3.05, 3.63) is 60.1 Å². The fourth-order valence-corrected chi connectivity index (χ4v) is 3.77. The van der Waals surface area contributed by atoms with Crippen LogP contribution < -0.4 is 25.0 Å². The van der Waals surface area contributed by atoms with Crippen molar-refractivity contribution >= 4 is 11.8 Å². The number of aromatic nitrogens is 1. The van der Waals surface area contributed by atoms with Crippen molar-refractivity contribution in [3.8, 4) is 11.5 Å². The van der Waals surface area contributed by atoms with Crippen molar-refractivity contribution in [2.45, 2.75) is 25.4 Å². The van der Waals surface area contributed by atoms with Gasteiger partial charge in [0.15, 0.2) is 29.1 Å². The normalized spacial score (nSPS) is 16.2. The van der Waals surface area contributed by atoms with E-state index in [1.165, 1.54) is 6.07 Å². The van der Waals surface area contributed by atoms with Gasteiger partial charge in [0.25, 0.3) is 0 Å². The van der Waals surface area contributed by atoms with E-state index >= 15 is 0 Å². The topological polar surface area (TPSA) is 71.0 Å². The molecule has 1 aliphatic heterocycles. The number of benzene rings is 1. The monoisotopic (exact) mass is 427 g/mol. The zero-order chi connectivity index (χ0) is 22.2. The van der Waals surface area contributed by atoms with E-state index in [4.69, 9.17) is 9.47 Å². The lowest BCUT2D eigenvalue weighted by Crippen LogP contribution is -2.44. The number of guanidine groups is 1. The van der Waals surface area contributed by atoms with Gasteiger partial charge in [-0.05, 0) is 42.7 Å². The van der Waals surface area contributed by atoms with Crippen LogP contribution in [0.3, 0.4) is 0 Å². The second kappa shape index (κ2) is 10.7. The van der Waals surface area contributed by atoms with Crippen LogP contribution in [0, 0.1) is 5.82 Å². The number of hydrogen-bond acceptors (Lipinski definition) is 5. The lowest BCUT2D eigenvalue weighted by Gasteiger charge is -2.20. The van der Waals surface area contributed by atoms with Crippen molar-refractivity contribution in [2.24, 2.45) is 4.99 Å². The smallest absolute Gasteiger partial charge is 0.191 e. The van der Waals surface area contributed by atoms with Gasteiger partial charge in [0.2, 0.25) is 0 Å². The molecule has 0 amide bonds. The number of allylic oxidation sites excluding steroid dienone is 1. The fraction of sp³-hybridized carbons (Fsp3) is 0.391. The average molecular weight is 428 g/mol. The number of methoxy groups -OCH3 is 2. The molecule has 1 aromatic heterocycles. The first kappa shape index (κ1) is 22.4. The molecule has 0 radical (unpaired) electrons. The molecule has 0 saturated carbocycles. The minimum absolute atomic E-state index is 0.148. The van der Waals surface area contributed by atoms with Crippen LogP contribution in [0.4, 0.5) is 10.2 Å². The molecular formula is C23H30FN5O2. The van der Waals surface area contributed by atoms with E-state index in [1.807, 2.05) is 17.0 Å². The largest absolute Gasteiger partial charge is 0.493 e. The summed E-state index contributed by atoms with van der Waals surface area (Å²) in [6, 6.07) is 7.21. The number of anilines is 1. The highest BCUT2D eigenvalue weighted by atomic mass is 19.1. The maximum Gasteiger partial charge on any atom is 0.191 e. The molecule has 7 nitrogen and oxygen atoms in total. The summed E-state index contributed by atoms with van der Waals surface area (Å²) in [4.78, 5) is 10.5. The summed E-state index contributed by atoms with van der Waals surface area (Å²) in [5.74, 6) is 2.20. The molecule has 2 heterocycles. The van der Waals surface area contributed by atoms with Gasteiger partial charge in [-0.1, -0.05) is 6.08 Å². The van der Waals surface area contributed by atoms with Gasteiger partial charge in [-0.25, -0.2) is 9.37 Å². The quantitative estimate of drug-likeness (QED) is 0.384. The average Bonchev–Trinajstić information content (AvgIpc) is 3.25. The van der Waals surface area contributed by atoms with E-state index in [9.17, 15) is 4.39 Å². The lowest BCUT2D eigenvalue weighted by atomic mass is 10.1. The number of nitrogens with zero attached hydrogens (tertiary/aromatic N) is 3. The molecule has 1 fully saturated rings. The molecule has 31 heavy (non-hydrogen) atoms. The van der Waals surface area contributed by atoms with Gasteiger partial charge in [-0.2, -0.15) is 0 Å². The molecule has 0 bridgehead atoms. The highest BCUT2D eigenvalue weighted by Gasteiger charge is 2.26. The summed E-state index contributed by atoms with van der Waals surface area (Å²) < 4.78 is 25.0. The van der Waals surface area contributed by atoms with Crippen LogP contribution in [0.2, 0.25) is 0 Å². The Balaban J connectivity index is 1.62. The van der Waals surface area contributed by atoms with Crippen LogP contribution in [-0.4, -0.2) is 51.3 Å². The third-order valence-corrected chi connectivity index (χ3v) is 5.23. The van der Waals surface area contributed by atoms with E-state index < -0.39 is 0 Å². The number of halogens is 1. The first-order valence-electron chi connectivity index (χ1n) is 10.3. The summed E-state index contributed by atoms with van der Waals surface area (Å²) in [7, 11) is 5.00. The summed E-state index contributed by atoms with van der Waals surface area (Å²) in [6.07, 6.45) is 5.01. The van der Waals surface area contributed by atoms with Crippen molar-refractivity contribution in [1.82, 2.24) is 15.6 Å². The highest BCUT2D eigenvalue weighted by molar-refractivity contribution is 5.80. The highest BCUT2D eigenvalue weighted by Crippen LogP contribution is 2.33. The molecule has 2 N–H and O–H groups in total. The van der Waals surface area contributed by atoms with Gasteiger partial charge in [0.1, 0.15) is 0 Å². The maximum absolute atomic E-state index is 14.0. The van der Waals surface area contributed by atoms with Crippen LogP contribution >= 0.6 is 0 Å². The molecule has 0 spiro atoms. The molecular weight excluding hydrogens is 397 g/mol. The van der Waals surface area contributed by atoms with Crippen LogP contribution in [0.1, 0.15) is 17.5 Å². The van der Waals surface area contributed by atoms with E-state index in [1.54, 1.807) is 33.5 Å². The fourth-order valence-electron chi connectivity index (χ4n) is 3.77. The molecule has 1 saturated heterocycles. The zero-order valence-corrected chi connectivity index (χ0v) is 18.3.